The largest absolute Gasteiger partial charge is 0.379 e. The quantitative estimate of drug-likeness (QED) is 0.649. The number of carbonyl (C=O) groups excluding carboxylic acids is 1. The highest BCUT2D eigenvalue weighted by atomic mass is 16.5. The van der Waals surface area contributed by atoms with Gasteiger partial charge in [0, 0.05) is 19.7 Å². The predicted molar refractivity (Wildman–Crippen MR) is 79.8 cm³/mol. The number of carbonyl (C=O) groups is 1. The van der Waals surface area contributed by atoms with Gasteiger partial charge in [-0.25, -0.2) is 0 Å². The second kappa shape index (κ2) is 10.1. The molecule has 20 heavy (non-hydrogen) atoms. The minimum absolute atomic E-state index is 0.0184. The molecule has 1 saturated heterocycles. The average molecular weight is 286 g/mol. The van der Waals surface area contributed by atoms with Crippen molar-refractivity contribution in [3.63, 3.8) is 0 Å². The third-order valence-electron chi connectivity index (χ3n) is 3.78. The first-order valence-electron chi connectivity index (χ1n) is 7.86. The van der Waals surface area contributed by atoms with Crippen molar-refractivity contribution in [1.82, 2.24) is 10.2 Å². The zero-order valence-corrected chi connectivity index (χ0v) is 13.2. The zero-order chi connectivity index (χ0) is 14.8. The highest BCUT2D eigenvalue weighted by Gasteiger charge is 2.20. The van der Waals surface area contributed by atoms with Gasteiger partial charge in [-0.2, -0.15) is 0 Å². The second-order valence-electron chi connectivity index (χ2n) is 5.36. The van der Waals surface area contributed by atoms with Crippen LogP contribution in [0.15, 0.2) is 0 Å². The van der Waals surface area contributed by atoms with E-state index in [-0.39, 0.29) is 5.91 Å². The van der Waals surface area contributed by atoms with Crippen molar-refractivity contribution in [1.29, 1.82) is 0 Å². The Bertz CT molecular complexity index is 274. The van der Waals surface area contributed by atoms with Crippen LogP contribution in [0.3, 0.4) is 0 Å². The molecule has 5 nitrogen and oxygen atoms in total. The van der Waals surface area contributed by atoms with E-state index in [1.54, 1.807) is 6.92 Å². The highest BCUT2D eigenvalue weighted by Crippen LogP contribution is 2.15. The van der Waals surface area contributed by atoms with Crippen molar-refractivity contribution in [3.05, 3.63) is 0 Å². The van der Waals surface area contributed by atoms with Crippen molar-refractivity contribution >= 4 is 5.91 Å². The Labute approximate surface area is 123 Å². The number of amides is 1. The fraction of sp³-hybridized carbons (Fsp3) is 0.933. The molecule has 1 aliphatic heterocycles. The molecular weight excluding hydrogens is 256 g/mol. The molecular formula is C15H30N2O3. The monoisotopic (exact) mass is 286 g/mol. The molecule has 1 aliphatic rings. The van der Waals surface area contributed by atoms with Gasteiger partial charge in [-0.15, -0.1) is 0 Å². The van der Waals surface area contributed by atoms with Crippen LogP contribution < -0.4 is 5.32 Å². The van der Waals surface area contributed by atoms with Gasteiger partial charge >= 0.3 is 0 Å². The molecule has 5 heteroatoms. The van der Waals surface area contributed by atoms with Gasteiger partial charge in [-0.3, -0.25) is 4.79 Å². The first kappa shape index (κ1) is 17.4. The lowest BCUT2D eigenvalue weighted by molar-refractivity contribution is -0.132. The van der Waals surface area contributed by atoms with Gasteiger partial charge in [-0.05, 0) is 45.7 Å². The van der Waals surface area contributed by atoms with Crippen molar-refractivity contribution in [2.24, 2.45) is 5.92 Å². The van der Waals surface area contributed by atoms with E-state index in [4.69, 9.17) is 9.47 Å². The molecule has 0 aromatic rings. The molecule has 0 aromatic heterocycles. The van der Waals surface area contributed by atoms with E-state index in [1.807, 2.05) is 6.92 Å². The number of nitrogens with one attached hydrogen (secondary N) is 1. The van der Waals surface area contributed by atoms with E-state index >= 15 is 0 Å². The third-order valence-corrected chi connectivity index (χ3v) is 3.78. The summed E-state index contributed by atoms with van der Waals surface area (Å²) >= 11 is 0. The number of rotatable bonds is 9. The smallest absolute Gasteiger partial charge is 0.248 e. The number of ether oxygens (including phenoxy) is 2. The number of hydrogen-bond acceptors (Lipinski definition) is 4. The molecule has 0 aromatic carbocycles. The molecule has 1 amide bonds. The van der Waals surface area contributed by atoms with Gasteiger partial charge in [0.05, 0.1) is 13.2 Å². The van der Waals surface area contributed by atoms with E-state index in [1.165, 1.54) is 19.4 Å². The summed E-state index contributed by atoms with van der Waals surface area (Å²) in [6.07, 6.45) is 2.03. The molecule has 1 heterocycles. The highest BCUT2D eigenvalue weighted by molar-refractivity contribution is 5.80. The van der Waals surface area contributed by atoms with Crippen LogP contribution in [0, 0.1) is 5.92 Å². The van der Waals surface area contributed by atoms with Gasteiger partial charge in [0.2, 0.25) is 5.91 Å². The van der Waals surface area contributed by atoms with Crippen LogP contribution in [0.25, 0.3) is 0 Å². The van der Waals surface area contributed by atoms with Crippen LogP contribution in [-0.2, 0) is 14.3 Å². The van der Waals surface area contributed by atoms with Crippen molar-refractivity contribution in [2.75, 3.05) is 46.0 Å². The van der Waals surface area contributed by atoms with Crippen LogP contribution in [0.2, 0.25) is 0 Å². The topological polar surface area (TPSA) is 50.8 Å². The van der Waals surface area contributed by atoms with Crippen LogP contribution in [0.1, 0.15) is 33.6 Å². The Balaban J connectivity index is 2.14. The number of nitrogens with zero attached hydrogens (tertiary/aromatic N) is 1. The predicted octanol–water partition coefficient (Wildman–Crippen LogP) is 1.28. The van der Waals surface area contributed by atoms with Crippen molar-refractivity contribution < 1.29 is 14.3 Å². The van der Waals surface area contributed by atoms with E-state index in [9.17, 15) is 4.79 Å². The maximum absolute atomic E-state index is 11.9. The van der Waals surface area contributed by atoms with Crippen LogP contribution >= 0.6 is 0 Å². The minimum atomic E-state index is -0.402. The summed E-state index contributed by atoms with van der Waals surface area (Å²) in [5, 5.41) is 3.01. The fourth-order valence-corrected chi connectivity index (χ4v) is 2.50. The van der Waals surface area contributed by atoms with E-state index in [0.717, 1.165) is 19.6 Å². The molecule has 0 bridgehead atoms. The number of hydrogen-bond donors (Lipinski definition) is 1. The minimum Gasteiger partial charge on any atom is -0.379 e. The summed E-state index contributed by atoms with van der Waals surface area (Å²) in [5.41, 5.74) is 0. The lowest BCUT2D eigenvalue weighted by atomic mass is 9.98. The molecule has 0 unspecified atom stereocenters. The molecule has 1 rings (SSSR count). The van der Waals surface area contributed by atoms with Crippen LogP contribution in [-0.4, -0.2) is 62.9 Å². The summed E-state index contributed by atoms with van der Waals surface area (Å²) in [4.78, 5) is 14.4. The van der Waals surface area contributed by atoms with E-state index in [0.29, 0.717) is 25.7 Å². The Morgan fingerprint density at radius 1 is 1.40 bits per heavy atom. The summed E-state index contributed by atoms with van der Waals surface area (Å²) in [7, 11) is 0. The molecule has 0 spiro atoms. The standard InChI is InChI=1S/C15H30N2O3/c1-4-17-8-6-7-14(12-17)11-16-15(18)13(3)20-10-9-19-5-2/h13-14H,4-12H2,1-3H3,(H,16,18)/t13-,14-/m0/s1. The summed E-state index contributed by atoms with van der Waals surface area (Å²) in [6, 6.07) is 0. The molecule has 1 fully saturated rings. The summed E-state index contributed by atoms with van der Waals surface area (Å²) in [5.74, 6) is 0.554. The lowest BCUT2D eigenvalue weighted by Gasteiger charge is -2.32. The Hall–Kier alpha value is -0.650. The molecule has 1 N–H and O–H groups in total. The summed E-state index contributed by atoms with van der Waals surface area (Å²) in [6.45, 7) is 11.8. The first-order chi connectivity index (χ1) is 9.67. The molecule has 0 aliphatic carbocycles. The normalized spacial score (nSPS) is 21.6. The lowest BCUT2D eigenvalue weighted by Crippen LogP contribution is -2.43. The van der Waals surface area contributed by atoms with Gasteiger partial charge in [0.25, 0.3) is 0 Å². The van der Waals surface area contributed by atoms with Gasteiger partial charge < -0.3 is 19.7 Å². The van der Waals surface area contributed by atoms with E-state index < -0.39 is 6.10 Å². The fourth-order valence-electron chi connectivity index (χ4n) is 2.50. The SMILES string of the molecule is CCOCCO[C@@H](C)C(=O)NC[C@@H]1CCCN(CC)C1. The van der Waals surface area contributed by atoms with Gasteiger partial charge in [0.15, 0.2) is 0 Å². The molecule has 0 radical (unpaired) electrons. The van der Waals surface area contributed by atoms with Crippen molar-refractivity contribution in [2.45, 2.75) is 39.7 Å². The second-order valence-corrected chi connectivity index (χ2v) is 5.36. The third kappa shape index (κ3) is 6.68. The Morgan fingerprint density at radius 3 is 2.90 bits per heavy atom. The molecule has 2 atom stereocenters. The Morgan fingerprint density at radius 2 is 2.20 bits per heavy atom. The molecule has 118 valence electrons. The van der Waals surface area contributed by atoms with Gasteiger partial charge in [0.1, 0.15) is 6.10 Å². The number of piperidine rings is 1. The van der Waals surface area contributed by atoms with Gasteiger partial charge in [-0.1, -0.05) is 6.92 Å². The van der Waals surface area contributed by atoms with E-state index in [2.05, 4.69) is 17.1 Å². The summed E-state index contributed by atoms with van der Waals surface area (Å²) < 4.78 is 10.6. The molecule has 0 saturated carbocycles. The van der Waals surface area contributed by atoms with Crippen LogP contribution in [0.4, 0.5) is 0 Å². The number of likely N-dealkylation sites (tertiary alicyclic amines) is 1. The zero-order valence-electron chi connectivity index (χ0n) is 13.2. The maximum Gasteiger partial charge on any atom is 0.248 e. The first-order valence-corrected chi connectivity index (χ1v) is 7.86. The van der Waals surface area contributed by atoms with Crippen LogP contribution in [0.5, 0.6) is 0 Å². The Kier molecular flexibility index (Phi) is 8.82. The average Bonchev–Trinajstić information content (AvgIpc) is 2.49. The maximum atomic E-state index is 11.9. The van der Waals surface area contributed by atoms with Crippen molar-refractivity contribution in [3.8, 4) is 0 Å².